The summed E-state index contributed by atoms with van der Waals surface area (Å²) in [5.74, 6) is 0.308. The summed E-state index contributed by atoms with van der Waals surface area (Å²) >= 11 is 0. The van der Waals surface area contributed by atoms with E-state index in [1.54, 1.807) is 0 Å². The lowest BCUT2D eigenvalue weighted by atomic mass is 9.97. The molecule has 2 aromatic rings. The van der Waals surface area contributed by atoms with Gasteiger partial charge in [0.25, 0.3) is 0 Å². The summed E-state index contributed by atoms with van der Waals surface area (Å²) in [5, 5.41) is 3.13. The third-order valence-electron chi connectivity index (χ3n) is 4.09. The van der Waals surface area contributed by atoms with Gasteiger partial charge in [-0.25, -0.2) is 13.8 Å². The molecule has 0 radical (unpaired) electrons. The average molecular weight is 330 g/mol. The number of hydrogen-bond donors (Lipinski definition) is 1. The van der Waals surface area contributed by atoms with Crippen molar-refractivity contribution in [1.82, 2.24) is 9.97 Å². The van der Waals surface area contributed by atoms with Gasteiger partial charge >= 0.3 is 0 Å². The van der Waals surface area contributed by atoms with Gasteiger partial charge in [-0.2, -0.15) is 4.98 Å². The molecule has 0 unspecified atom stereocenters. The van der Waals surface area contributed by atoms with Gasteiger partial charge in [-0.3, -0.25) is 0 Å². The van der Waals surface area contributed by atoms with Crippen LogP contribution in [0.5, 0.6) is 0 Å². The highest BCUT2D eigenvalue weighted by Crippen LogP contribution is 2.34. The van der Waals surface area contributed by atoms with Crippen LogP contribution >= 0.6 is 0 Å². The van der Waals surface area contributed by atoms with Crippen molar-refractivity contribution < 1.29 is 8.78 Å². The lowest BCUT2D eigenvalue weighted by molar-refractivity contribution is 0.580. The van der Waals surface area contributed by atoms with E-state index in [2.05, 4.69) is 20.2 Å². The zero-order chi connectivity index (χ0) is 17.3. The minimum absolute atomic E-state index is 0.413. The standard InChI is InChI=1S/C18H20F2N4/c1-4-21-18-22-11(3)15-8-12(10-24(5-2)17(15)23-18)14-7-6-13(19)9-16(14)20/h6-9H,4-5,10H2,1-3H3,(H,21,22,23). The van der Waals surface area contributed by atoms with Gasteiger partial charge in [-0.1, -0.05) is 0 Å². The minimum Gasteiger partial charge on any atom is -0.354 e. The van der Waals surface area contributed by atoms with E-state index in [-0.39, 0.29) is 0 Å². The fourth-order valence-electron chi connectivity index (χ4n) is 2.89. The first-order chi connectivity index (χ1) is 11.5. The van der Waals surface area contributed by atoms with Gasteiger partial charge < -0.3 is 10.2 Å². The third kappa shape index (κ3) is 2.96. The van der Waals surface area contributed by atoms with E-state index in [1.807, 2.05) is 26.8 Å². The quantitative estimate of drug-likeness (QED) is 0.924. The summed E-state index contributed by atoms with van der Waals surface area (Å²) in [6.45, 7) is 7.92. The van der Waals surface area contributed by atoms with Gasteiger partial charge in [0, 0.05) is 36.8 Å². The summed E-state index contributed by atoms with van der Waals surface area (Å²) in [6, 6.07) is 3.68. The molecule has 0 atom stereocenters. The Morgan fingerprint density at radius 3 is 2.67 bits per heavy atom. The molecule has 24 heavy (non-hydrogen) atoms. The summed E-state index contributed by atoms with van der Waals surface area (Å²) < 4.78 is 27.3. The zero-order valence-electron chi connectivity index (χ0n) is 14.0. The lowest BCUT2D eigenvalue weighted by Gasteiger charge is -2.30. The van der Waals surface area contributed by atoms with Crippen molar-refractivity contribution in [2.75, 3.05) is 29.9 Å². The van der Waals surface area contributed by atoms with E-state index < -0.39 is 11.6 Å². The number of nitrogens with one attached hydrogen (secondary N) is 1. The number of nitrogens with zero attached hydrogens (tertiary/aromatic N) is 3. The molecule has 0 aliphatic carbocycles. The van der Waals surface area contributed by atoms with Crippen molar-refractivity contribution >= 4 is 23.4 Å². The molecule has 2 heterocycles. The Balaban J connectivity index is 2.11. The van der Waals surface area contributed by atoms with Crippen LogP contribution in [0.1, 0.15) is 30.7 Å². The van der Waals surface area contributed by atoms with E-state index in [9.17, 15) is 8.78 Å². The van der Waals surface area contributed by atoms with Crippen LogP contribution in [0.4, 0.5) is 20.5 Å². The van der Waals surface area contributed by atoms with E-state index in [4.69, 9.17) is 0 Å². The second-order valence-corrected chi connectivity index (χ2v) is 5.71. The highest BCUT2D eigenvalue weighted by molar-refractivity contribution is 5.91. The summed E-state index contributed by atoms with van der Waals surface area (Å²) in [5.41, 5.74) is 2.91. The SMILES string of the molecule is CCNc1nc(C)c2c(n1)N(CC)CC(c1ccc(F)cc1F)=C2. The van der Waals surface area contributed by atoms with Crippen LogP contribution in [-0.2, 0) is 0 Å². The van der Waals surface area contributed by atoms with E-state index in [0.29, 0.717) is 18.1 Å². The van der Waals surface area contributed by atoms with Crippen LogP contribution in [0, 0.1) is 18.6 Å². The molecular formula is C18H20F2N4. The first-order valence-corrected chi connectivity index (χ1v) is 8.07. The van der Waals surface area contributed by atoms with Gasteiger partial charge in [0.2, 0.25) is 5.95 Å². The molecule has 3 rings (SSSR count). The molecule has 1 aromatic carbocycles. The predicted octanol–water partition coefficient (Wildman–Crippen LogP) is 3.88. The fraction of sp³-hybridized carbons (Fsp3) is 0.333. The van der Waals surface area contributed by atoms with Crippen LogP contribution < -0.4 is 10.2 Å². The summed E-state index contributed by atoms with van der Waals surface area (Å²) in [6.07, 6.45) is 1.91. The maximum atomic E-state index is 14.2. The number of fused-ring (bicyclic) bond motifs is 1. The number of halogens is 2. The van der Waals surface area contributed by atoms with Gasteiger partial charge in [-0.15, -0.1) is 0 Å². The maximum Gasteiger partial charge on any atom is 0.224 e. The smallest absolute Gasteiger partial charge is 0.224 e. The normalized spacial score (nSPS) is 13.5. The number of rotatable bonds is 4. The number of aryl methyl sites for hydroxylation is 1. The first-order valence-electron chi connectivity index (χ1n) is 8.07. The highest BCUT2D eigenvalue weighted by atomic mass is 19.1. The molecule has 0 fully saturated rings. The van der Waals surface area contributed by atoms with Gasteiger partial charge in [0.05, 0.1) is 5.69 Å². The maximum absolute atomic E-state index is 14.2. The molecule has 1 N–H and O–H groups in total. The lowest BCUT2D eigenvalue weighted by Crippen LogP contribution is -2.30. The van der Waals surface area contributed by atoms with E-state index in [0.717, 1.165) is 41.8 Å². The largest absolute Gasteiger partial charge is 0.354 e. The van der Waals surface area contributed by atoms with Crippen LogP contribution in [0.15, 0.2) is 18.2 Å². The molecule has 6 heteroatoms. The molecule has 126 valence electrons. The molecular weight excluding hydrogens is 310 g/mol. The van der Waals surface area contributed by atoms with Gasteiger partial charge in [-0.05, 0) is 44.6 Å². The Labute approximate surface area is 140 Å². The van der Waals surface area contributed by atoms with Crippen molar-refractivity contribution in [3.63, 3.8) is 0 Å². The molecule has 0 saturated heterocycles. The van der Waals surface area contributed by atoms with Crippen LogP contribution in [0.2, 0.25) is 0 Å². The van der Waals surface area contributed by atoms with Crippen molar-refractivity contribution in [2.45, 2.75) is 20.8 Å². The number of anilines is 2. The Morgan fingerprint density at radius 1 is 1.21 bits per heavy atom. The average Bonchev–Trinajstić information content (AvgIpc) is 2.54. The summed E-state index contributed by atoms with van der Waals surface area (Å²) in [7, 11) is 0. The zero-order valence-corrected chi connectivity index (χ0v) is 14.0. The number of benzene rings is 1. The van der Waals surface area contributed by atoms with Crippen molar-refractivity contribution in [2.24, 2.45) is 0 Å². The van der Waals surface area contributed by atoms with E-state index >= 15 is 0 Å². The molecule has 1 aromatic heterocycles. The Bertz CT molecular complexity index is 802. The van der Waals surface area contributed by atoms with Crippen molar-refractivity contribution in [3.05, 3.63) is 46.7 Å². The van der Waals surface area contributed by atoms with Crippen LogP contribution in [0.3, 0.4) is 0 Å². The third-order valence-corrected chi connectivity index (χ3v) is 4.09. The van der Waals surface area contributed by atoms with Gasteiger partial charge in [0.15, 0.2) is 0 Å². The number of likely N-dealkylation sites (N-methyl/N-ethyl adjacent to an activating group) is 1. The molecule has 1 aliphatic heterocycles. The molecule has 0 saturated carbocycles. The molecule has 1 aliphatic rings. The van der Waals surface area contributed by atoms with E-state index in [1.165, 1.54) is 12.1 Å². The van der Waals surface area contributed by atoms with Gasteiger partial charge in [0.1, 0.15) is 17.5 Å². The Morgan fingerprint density at radius 2 is 2.00 bits per heavy atom. The molecule has 0 amide bonds. The Hall–Kier alpha value is -2.50. The topological polar surface area (TPSA) is 41.1 Å². The van der Waals surface area contributed by atoms with Crippen molar-refractivity contribution in [3.8, 4) is 0 Å². The molecule has 0 bridgehead atoms. The van der Waals surface area contributed by atoms with Crippen LogP contribution in [0.25, 0.3) is 11.6 Å². The highest BCUT2D eigenvalue weighted by Gasteiger charge is 2.23. The molecule has 4 nitrogen and oxygen atoms in total. The molecule has 0 spiro atoms. The second kappa shape index (κ2) is 6.55. The first kappa shape index (κ1) is 16.4. The van der Waals surface area contributed by atoms with Crippen molar-refractivity contribution in [1.29, 1.82) is 0 Å². The second-order valence-electron chi connectivity index (χ2n) is 5.71. The fourth-order valence-corrected chi connectivity index (χ4v) is 2.89. The van der Waals surface area contributed by atoms with Crippen LogP contribution in [-0.4, -0.2) is 29.6 Å². The minimum atomic E-state index is -0.574. The number of hydrogen-bond acceptors (Lipinski definition) is 4. The monoisotopic (exact) mass is 330 g/mol. The Kier molecular flexibility index (Phi) is 4.46. The number of aromatic nitrogens is 2. The predicted molar refractivity (Wildman–Crippen MR) is 93.0 cm³/mol. The summed E-state index contributed by atoms with van der Waals surface area (Å²) in [4.78, 5) is 11.1.